The maximum Gasteiger partial charge on any atom is 0.123 e. The number of thioether (sulfide) groups is 1. The first kappa shape index (κ1) is 12.7. The highest BCUT2D eigenvalue weighted by molar-refractivity contribution is 7.98. The van der Waals surface area contributed by atoms with E-state index in [1.165, 1.54) is 18.2 Å². The number of aryl methyl sites for hydroxylation is 2. The summed E-state index contributed by atoms with van der Waals surface area (Å²) < 4.78 is 14.9. The summed E-state index contributed by atoms with van der Waals surface area (Å²) in [6.45, 7) is 1.92. The molecular formula is C13H12FN3S. The molecule has 1 aromatic carbocycles. The normalized spacial score (nSPS) is 10.3. The molecule has 0 aliphatic carbocycles. The fraction of sp³-hybridized carbons (Fsp3) is 0.231. The summed E-state index contributed by atoms with van der Waals surface area (Å²) in [6.07, 6.45) is 0. The van der Waals surface area contributed by atoms with Crippen molar-refractivity contribution in [1.82, 2.24) is 9.78 Å². The average Bonchev–Trinajstić information content (AvgIpc) is 2.65. The molecule has 3 nitrogen and oxygen atoms in total. The Bertz CT molecular complexity index is 613. The molecule has 0 radical (unpaired) electrons. The second-order valence-corrected chi connectivity index (χ2v) is 4.95. The van der Waals surface area contributed by atoms with Crippen molar-refractivity contribution in [3.63, 3.8) is 0 Å². The first-order chi connectivity index (χ1) is 8.60. The van der Waals surface area contributed by atoms with Gasteiger partial charge in [0.25, 0.3) is 0 Å². The fourth-order valence-electron chi connectivity index (χ4n) is 1.66. The third-order valence-electron chi connectivity index (χ3n) is 2.52. The second-order valence-electron chi connectivity index (χ2n) is 3.95. The van der Waals surface area contributed by atoms with Crippen molar-refractivity contribution in [3.05, 3.63) is 46.9 Å². The molecule has 0 N–H and O–H groups in total. The van der Waals surface area contributed by atoms with Crippen LogP contribution in [0.2, 0.25) is 0 Å². The lowest BCUT2D eigenvalue weighted by Crippen LogP contribution is -1.94. The van der Waals surface area contributed by atoms with E-state index in [2.05, 4.69) is 11.2 Å². The van der Waals surface area contributed by atoms with E-state index in [1.807, 2.05) is 20.0 Å². The van der Waals surface area contributed by atoms with Crippen molar-refractivity contribution in [1.29, 1.82) is 5.26 Å². The van der Waals surface area contributed by atoms with Crippen molar-refractivity contribution in [2.75, 3.05) is 0 Å². The van der Waals surface area contributed by atoms with Gasteiger partial charge in [0.2, 0.25) is 0 Å². The first-order valence-corrected chi connectivity index (χ1v) is 6.40. The van der Waals surface area contributed by atoms with E-state index in [0.717, 1.165) is 10.7 Å². The van der Waals surface area contributed by atoms with Gasteiger partial charge in [-0.1, -0.05) is 0 Å². The molecular weight excluding hydrogens is 249 g/mol. The molecule has 0 amide bonds. The smallest absolute Gasteiger partial charge is 0.123 e. The van der Waals surface area contributed by atoms with Crippen molar-refractivity contribution in [2.45, 2.75) is 17.7 Å². The minimum atomic E-state index is -0.314. The maximum absolute atomic E-state index is 13.2. The molecule has 5 heteroatoms. The molecule has 18 heavy (non-hydrogen) atoms. The molecule has 1 heterocycles. The minimum absolute atomic E-state index is 0.314. The summed E-state index contributed by atoms with van der Waals surface area (Å²) in [5, 5.41) is 14.2. The topological polar surface area (TPSA) is 41.6 Å². The Hall–Kier alpha value is -1.80. The van der Waals surface area contributed by atoms with E-state index in [9.17, 15) is 4.39 Å². The number of halogens is 1. The minimum Gasteiger partial charge on any atom is -0.262 e. The zero-order valence-electron chi connectivity index (χ0n) is 10.1. The molecule has 0 unspecified atom stereocenters. The van der Waals surface area contributed by atoms with Crippen LogP contribution < -0.4 is 0 Å². The van der Waals surface area contributed by atoms with Gasteiger partial charge < -0.3 is 0 Å². The monoisotopic (exact) mass is 261 g/mol. The first-order valence-electron chi connectivity index (χ1n) is 5.42. The van der Waals surface area contributed by atoms with Gasteiger partial charge in [-0.05, 0) is 36.8 Å². The highest BCUT2D eigenvalue weighted by Gasteiger charge is 2.07. The number of aromatic nitrogens is 2. The largest absolute Gasteiger partial charge is 0.262 e. The Morgan fingerprint density at radius 1 is 1.44 bits per heavy atom. The van der Waals surface area contributed by atoms with Crippen LogP contribution in [0.4, 0.5) is 4.39 Å². The quantitative estimate of drug-likeness (QED) is 0.797. The summed E-state index contributed by atoms with van der Waals surface area (Å²) in [4.78, 5) is 0. The number of hydrogen-bond acceptors (Lipinski definition) is 3. The molecule has 2 aromatic rings. The molecule has 0 saturated heterocycles. The lowest BCUT2D eigenvalue weighted by Gasteiger charge is -2.04. The van der Waals surface area contributed by atoms with Crippen molar-refractivity contribution in [2.24, 2.45) is 7.05 Å². The van der Waals surface area contributed by atoms with Crippen LogP contribution in [0.5, 0.6) is 0 Å². The van der Waals surface area contributed by atoms with Crippen molar-refractivity contribution < 1.29 is 4.39 Å². The number of benzene rings is 1. The van der Waals surface area contributed by atoms with Crippen LogP contribution in [0, 0.1) is 24.1 Å². The summed E-state index contributed by atoms with van der Waals surface area (Å²) >= 11 is 1.54. The van der Waals surface area contributed by atoms with Gasteiger partial charge in [0.1, 0.15) is 5.82 Å². The fourth-order valence-corrected chi connectivity index (χ4v) is 2.69. The van der Waals surface area contributed by atoms with Gasteiger partial charge in [0, 0.05) is 12.8 Å². The van der Waals surface area contributed by atoms with Crippen LogP contribution in [0.15, 0.2) is 29.3 Å². The van der Waals surface area contributed by atoms with Crippen LogP contribution >= 0.6 is 11.8 Å². The van der Waals surface area contributed by atoms with Gasteiger partial charge in [-0.25, -0.2) is 4.39 Å². The third kappa shape index (κ3) is 2.71. The highest BCUT2D eigenvalue weighted by Crippen LogP contribution is 2.25. The van der Waals surface area contributed by atoms with Gasteiger partial charge in [-0.2, -0.15) is 10.4 Å². The summed E-state index contributed by atoms with van der Waals surface area (Å²) in [7, 11) is 1.87. The van der Waals surface area contributed by atoms with Crippen LogP contribution in [-0.2, 0) is 12.8 Å². The average molecular weight is 261 g/mol. The maximum atomic E-state index is 13.2. The molecule has 2 rings (SSSR count). The number of nitriles is 1. The van der Waals surface area contributed by atoms with E-state index in [0.29, 0.717) is 16.9 Å². The van der Waals surface area contributed by atoms with Gasteiger partial charge in [-0.3, -0.25) is 4.68 Å². The lowest BCUT2D eigenvalue weighted by molar-refractivity contribution is 0.626. The zero-order valence-corrected chi connectivity index (χ0v) is 11.0. The number of hydrogen-bond donors (Lipinski definition) is 0. The highest BCUT2D eigenvalue weighted by atomic mass is 32.2. The Labute approximate surface area is 109 Å². The van der Waals surface area contributed by atoms with Gasteiger partial charge in [0.05, 0.1) is 22.4 Å². The molecule has 92 valence electrons. The molecule has 0 bridgehead atoms. The number of rotatable bonds is 3. The molecule has 1 aromatic heterocycles. The lowest BCUT2D eigenvalue weighted by atomic mass is 10.1. The van der Waals surface area contributed by atoms with Gasteiger partial charge in [0.15, 0.2) is 0 Å². The summed E-state index contributed by atoms with van der Waals surface area (Å²) in [5.74, 6) is 0.241. The van der Waals surface area contributed by atoms with E-state index < -0.39 is 0 Å². The standard InChI is InChI=1S/C13H12FN3S/c1-9-5-13(17(2)16-9)18-8-11-6-12(14)4-3-10(11)7-15/h3-6H,8H2,1-2H3. The molecule has 0 aliphatic rings. The van der Waals surface area contributed by atoms with Gasteiger partial charge >= 0.3 is 0 Å². The van der Waals surface area contributed by atoms with Crippen LogP contribution in [0.1, 0.15) is 16.8 Å². The third-order valence-corrected chi connectivity index (χ3v) is 3.66. The van der Waals surface area contributed by atoms with Crippen molar-refractivity contribution >= 4 is 11.8 Å². The van der Waals surface area contributed by atoms with Crippen LogP contribution in [0.25, 0.3) is 0 Å². The van der Waals surface area contributed by atoms with Crippen molar-refractivity contribution in [3.8, 4) is 6.07 Å². The Balaban J connectivity index is 2.18. The molecule has 0 saturated carbocycles. The van der Waals surface area contributed by atoms with E-state index >= 15 is 0 Å². The predicted molar refractivity (Wildman–Crippen MR) is 68.6 cm³/mol. The Morgan fingerprint density at radius 2 is 2.22 bits per heavy atom. The second kappa shape index (κ2) is 5.23. The summed E-state index contributed by atoms with van der Waals surface area (Å²) in [5.41, 5.74) is 2.17. The van der Waals surface area contributed by atoms with Crippen LogP contribution in [0.3, 0.4) is 0 Å². The molecule has 0 aliphatic heterocycles. The molecule has 0 spiro atoms. The van der Waals surface area contributed by atoms with E-state index in [1.54, 1.807) is 16.4 Å². The number of nitrogens with zero attached hydrogens (tertiary/aromatic N) is 3. The van der Waals surface area contributed by atoms with E-state index in [4.69, 9.17) is 5.26 Å². The molecule has 0 fully saturated rings. The van der Waals surface area contributed by atoms with Crippen LogP contribution in [-0.4, -0.2) is 9.78 Å². The zero-order chi connectivity index (χ0) is 13.1. The van der Waals surface area contributed by atoms with E-state index in [-0.39, 0.29) is 5.82 Å². The summed E-state index contributed by atoms with van der Waals surface area (Å²) in [6, 6.07) is 8.28. The predicted octanol–water partition coefficient (Wildman–Crippen LogP) is 3.03. The SMILES string of the molecule is Cc1cc(SCc2cc(F)ccc2C#N)n(C)n1. The van der Waals surface area contributed by atoms with Gasteiger partial charge in [-0.15, -0.1) is 11.8 Å². The Kier molecular flexibility index (Phi) is 3.68. The Morgan fingerprint density at radius 3 is 2.83 bits per heavy atom. The molecule has 0 atom stereocenters.